The topological polar surface area (TPSA) is 62.7 Å². The van der Waals surface area contributed by atoms with Crippen LogP contribution in [0.3, 0.4) is 0 Å². The van der Waals surface area contributed by atoms with Crippen LogP contribution in [0.4, 0.5) is 18.9 Å². The minimum absolute atomic E-state index is 0.129. The maximum atomic E-state index is 12.6. The first-order chi connectivity index (χ1) is 12.3. The average molecular weight is 367 g/mol. The molecule has 0 spiro atoms. The van der Waals surface area contributed by atoms with Crippen LogP contribution >= 0.6 is 0 Å². The summed E-state index contributed by atoms with van der Waals surface area (Å²) in [5.74, 6) is -0.182. The third kappa shape index (κ3) is 7.25. The Morgan fingerprint density at radius 1 is 1.31 bits per heavy atom. The normalized spacial score (nSPS) is 11.9. The summed E-state index contributed by atoms with van der Waals surface area (Å²) in [5.41, 5.74) is -0.0803. The fourth-order valence-corrected chi connectivity index (χ4v) is 1.71. The van der Waals surface area contributed by atoms with E-state index >= 15 is 0 Å². The Hall–Kier alpha value is -3.03. The first kappa shape index (κ1) is 21.0. The van der Waals surface area contributed by atoms with Gasteiger partial charge in [0.15, 0.2) is 0 Å². The lowest BCUT2D eigenvalue weighted by Crippen LogP contribution is -2.27. The zero-order valence-corrected chi connectivity index (χ0v) is 14.3. The number of carbonyl (C=O) groups excluding carboxylic acids is 1. The molecule has 0 saturated heterocycles. The molecule has 0 fully saturated rings. The van der Waals surface area contributed by atoms with Gasteiger partial charge in [-0.15, -0.1) is 0 Å². The molecule has 0 bridgehead atoms. The van der Waals surface area contributed by atoms with Crippen LogP contribution in [0, 0.1) is 0 Å². The number of halogens is 3. The van der Waals surface area contributed by atoms with Gasteiger partial charge in [0.25, 0.3) is 0 Å². The van der Waals surface area contributed by atoms with Gasteiger partial charge in [0.2, 0.25) is 11.8 Å². The summed E-state index contributed by atoms with van der Waals surface area (Å²) in [7, 11) is 0. The predicted molar refractivity (Wildman–Crippen MR) is 95.6 cm³/mol. The lowest BCUT2D eigenvalue weighted by atomic mass is 10.2. The second-order valence-electron chi connectivity index (χ2n) is 4.94. The number of hydrogen-bond donors (Lipinski definition) is 2. The van der Waals surface area contributed by atoms with Crippen molar-refractivity contribution in [2.24, 2.45) is 4.99 Å². The molecule has 2 N–H and O–H groups in total. The van der Waals surface area contributed by atoms with Gasteiger partial charge in [0.1, 0.15) is 6.61 Å². The molecule has 8 heteroatoms. The van der Waals surface area contributed by atoms with Crippen molar-refractivity contribution in [3.05, 3.63) is 67.0 Å². The number of ether oxygens (including phenoxy) is 1. The monoisotopic (exact) mass is 367 g/mol. The van der Waals surface area contributed by atoms with Crippen LogP contribution < -0.4 is 10.6 Å². The van der Waals surface area contributed by atoms with E-state index < -0.39 is 11.7 Å². The maximum Gasteiger partial charge on any atom is 0.416 e. The van der Waals surface area contributed by atoms with E-state index in [1.807, 2.05) is 0 Å². The molecule has 1 amide bonds. The van der Waals surface area contributed by atoms with Crippen molar-refractivity contribution in [1.29, 1.82) is 0 Å². The summed E-state index contributed by atoms with van der Waals surface area (Å²) in [6.45, 7) is 9.23. The van der Waals surface area contributed by atoms with E-state index in [4.69, 9.17) is 4.74 Å². The van der Waals surface area contributed by atoms with Crippen molar-refractivity contribution in [3.63, 3.8) is 0 Å². The fourth-order valence-electron chi connectivity index (χ4n) is 1.71. The molecule has 0 atom stereocenters. The number of rotatable bonds is 8. The van der Waals surface area contributed by atoms with E-state index in [0.717, 1.165) is 18.2 Å². The summed E-state index contributed by atoms with van der Waals surface area (Å²) in [5, 5.41) is 5.38. The van der Waals surface area contributed by atoms with Crippen LogP contribution in [-0.2, 0) is 15.7 Å². The van der Waals surface area contributed by atoms with E-state index in [1.54, 1.807) is 13.0 Å². The lowest BCUT2D eigenvalue weighted by molar-refractivity contribution is -0.137. The standard InChI is InChI=1S/C18H20F3N3O2/c1-4-10-23-17(26-12-11-22-16(25)5-2)13(3)24-15-8-6-14(7-9-15)18(19,20)21/h4-10,24H,2-3,11-12H2,1H3,(H,22,25)/b10-4-,23-17+. The highest BCUT2D eigenvalue weighted by Gasteiger charge is 2.29. The van der Waals surface area contributed by atoms with Gasteiger partial charge in [0, 0.05) is 11.9 Å². The number of carbonyl (C=O) groups is 1. The molecule has 26 heavy (non-hydrogen) atoms. The van der Waals surface area contributed by atoms with Crippen LogP contribution in [0.25, 0.3) is 0 Å². The first-order valence-electron chi connectivity index (χ1n) is 7.63. The zero-order valence-electron chi connectivity index (χ0n) is 14.3. The van der Waals surface area contributed by atoms with Gasteiger partial charge in [-0.25, -0.2) is 4.99 Å². The quantitative estimate of drug-likeness (QED) is 0.317. The number of nitrogens with zero attached hydrogens (tertiary/aromatic N) is 1. The van der Waals surface area contributed by atoms with E-state index in [2.05, 4.69) is 28.8 Å². The van der Waals surface area contributed by atoms with Crippen molar-refractivity contribution >= 4 is 17.5 Å². The van der Waals surface area contributed by atoms with Crippen molar-refractivity contribution in [2.45, 2.75) is 13.1 Å². The SMILES string of the molecule is C=CC(=O)NCCO/C(=N/C=C\C)C(=C)Nc1ccc(C(F)(F)F)cc1. The third-order valence-electron chi connectivity index (χ3n) is 2.93. The molecular weight excluding hydrogens is 347 g/mol. The van der Waals surface area contributed by atoms with Crippen molar-refractivity contribution in [1.82, 2.24) is 5.32 Å². The Bertz CT molecular complexity index is 693. The first-order valence-corrected chi connectivity index (χ1v) is 7.63. The second kappa shape index (κ2) is 10.1. The van der Waals surface area contributed by atoms with Crippen LogP contribution in [0.15, 0.2) is 66.5 Å². The Morgan fingerprint density at radius 3 is 2.50 bits per heavy atom. The van der Waals surface area contributed by atoms with Gasteiger partial charge in [0.05, 0.1) is 17.8 Å². The summed E-state index contributed by atoms with van der Waals surface area (Å²) >= 11 is 0. The number of hydrogen-bond acceptors (Lipinski definition) is 4. The van der Waals surface area contributed by atoms with E-state index in [-0.39, 0.29) is 30.7 Å². The predicted octanol–water partition coefficient (Wildman–Crippen LogP) is 3.88. The highest BCUT2D eigenvalue weighted by molar-refractivity contribution is 5.96. The zero-order chi connectivity index (χ0) is 19.6. The maximum absolute atomic E-state index is 12.6. The van der Waals surface area contributed by atoms with E-state index in [1.165, 1.54) is 18.3 Å². The van der Waals surface area contributed by atoms with E-state index in [0.29, 0.717) is 5.69 Å². The molecule has 1 aromatic carbocycles. The van der Waals surface area contributed by atoms with Crippen LogP contribution in [0.5, 0.6) is 0 Å². The summed E-state index contributed by atoms with van der Waals surface area (Å²) in [6, 6.07) is 4.49. The molecule has 5 nitrogen and oxygen atoms in total. The molecule has 0 unspecified atom stereocenters. The van der Waals surface area contributed by atoms with Gasteiger partial charge in [-0.05, 0) is 37.3 Å². The molecule has 0 aliphatic heterocycles. The van der Waals surface area contributed by atoms with Gasteiger partial charge >= 0.3 is 6.18 Å². The highest BCUT2D eigenvalue weighted by Crippen LogP contribution is 2.30. The van der Waals surface area contributed by atoms with Gasteiger partial charge in [-0.2, -0.15) is 13.2 Å². The lowest BCUT2D eigenvalue weighted by Gasteiger charge is -2.14. The Morgan fingerprint density at radius 2 is 1.96 bits per heavy atom. The number of benzene rings is 1. The van der Waals surface area contributed by atoms with Crippen LogP contribution in [0.2, 0.25) is 0 Å². The number of nitrogens with one attached hydrogen (secondary N) is 2. The molecule has 1 rings (SSSR count). The number of alkyl halides is 3. The van der Waals surface area contributed by atoms with Gasteiger partial charge in [-0.1, -0.05) is 19.2 Å². The summed E-state index contributed by atoms with van der Waals surface area (Å²) in [4.78, 5) is 15.1. The number of allylic oxidation sites excluding steroid dienone is 1. The molecule has 0 radical (unpaired) electrons. The van der Waals surface area contributed by atoms with Crippen molar-refractivity contribution in [3.8, 4) is 0 Å². The third-order valence-corrected chi connectivity index (χ3v) is 2.93. The average Bonchev–Trinajstić information content (AvgIpc) is 2.60. The Kier molecular flexibility index (Phi) is 8.14. The number of amides is 1. The second-order valence-corrected chi connectivity index (χ2v) is 4.94. The molecule has 140 valence electrons. The minimum Gasteiger partial charge on any atom is -0.474 e. The van der Waals surface area contributed by atoms with Crippen LogP contribution in [0.1, 0.15) is 12.5 Å². The van der Waals surface area contributed by atoms with Gasteiger partial charge in [-0.3, -0.25) is 4.79 Å². The Balaban J connectivity index is 2.71. The molecular formula is C18H20F3N3O2. The fraction of sp³-hybridized carbons (Fsp3) is 0.222. The number of aliphatic imine (C=N–C) groups is 1. The molecule has 0 saturated carbocycles. The van der Waals surface area contributed by atoms with Gasteiger partial charge < -0.3 is 15.4 Å². The molecule has 0 heterocycles. The molecule has 0 aromatic heterocycles. The molecule has 0 aliphatic carbocycles. The number of anilines is 1. The largest absolute Gasteiger partial charge is 0.474 e. The Labute approximate surface area is 150 Å². The molecule has 1 aromatic rings. The summed E-state index contributed by atoms with van der Waals surface area (Å²) in [6.07, 6.45) is -0.0987. The molecule has 0 aliphatic rings. The van der Waals surface area contributed by atoms with Crippen molar-refractivity contribution in [2.75, 3.05) is 18.5 Å². The van der Waals surface area contributed by atoms with E-state index in [9.17, 15) is 18.0 Å². The van der Waals surface area contributed by atoms with Crippen LogP contribution in [-0.4, -0.2) is 25.0 Å². The minimum atomic E-state index is -4.40. The summed E-state index contributed by atoms with van der Waals surface area (Å²) < 4.78 is 43.2. The highest BCUT2D eigenvalue weighted by atomic mass is 19.4. The van der Waals surface area contributed by atoms with Crippen molar-refractivity contribution < 1.29 is 22.7 Å². The smallest absolute Gasteiger partial charge is 0.416 e.